The molecule has 0 aromatic rings. The van der Waals surface area contributed by atoms with Crippen LogP contribution >= 0.6 is 11.6 Å². The van der Waals surface area contributed by atoms with Gasteiger partial charge in [0.25, 0.3) is 0 Å². The van der Waals surface area contributed by atoms with Gasteiger partial charge in [0.1, 0.15) is 5.38 Å². The van der Waals surface area contributed by atoms with Gasteiger partial charge in [-0.1, -0.05) is 13.8 Å². The monoisotopic (exact) mass is 207 g/mol. The predicted molar refractivity (Wildman–Crippen MR) is 53.8 cm³/mol. The van der Waals surface area contributed by atoms with Crippen molar-refractivity contribution in [3.05, 3.63) is 0 Å². The number of rotatable bonds is 5. The summed E-state index contributed by atoms with van der Waals surface area (Å²) in [5.74, 6) is 0.139. The summed E-state index contributed by atoms with van der Waals surface area (Å²) in [6.07, 6.45) is 0.576. The van der Waals surface area contributed by atoms with Crippen molar-refractivity contribution in [2.24, 2.45) is 5.92 Å². The summed E-state index contributed by atoms with van der Waals surface area (Å²) in [5.41, 5.74) is 0. The Morgan fingerprint density at radius 1 is 1.46 bits per heavy atom. The second kappa shape index (κ2) is 6.22. The fourth-order valence-corrected chi connectivity index (χ4v) is 1.07. The van der Waals surface area contributed by atoms with E-state index in [4.69, 9.17) is 16.7 Å². The Bertz CT molecular complexity index is 160. The Balaban J connectivity index is 4.02. The largest absolute Gasteiger partial charge is 0.396 e. The number of nitrogens with one attached hydrogen (secondary N) is 1. The van der Waals surface area contributed by atoms with Crippen LogP contribution in [-0.4, -0.2) is 29.0 Å². The van der Waals surface area contributed by atoms with Crippen molar-refractivity contribution in [2.75, 3.05) is 6.61 Å². The molecule has 0 heterocycles. The highest BCUT2D eigenvalue weighted by atomic mass is 35.5. The molecule has 4 heteroatoms. The summed E-state index contributed by atoms with van der Waals surface area (Å²) >= 11 is 5.60. The molecule has 2 atom stereocenters. The van der Waals surface area contributed by atoms with E-state index < -0.39 is 5.38 Å². The molecule has 0 fully saturated rings. The van der Waals surface area contributed by atoms with Crippen molar-refractivity contribution in [1.29, 1.82) is 0 Å². The number of halogens is 1. The van der Waals surface area contributed by atoms with E-state index in [0.717, 1.165) is 0 Å². The zero-order valence-corrected chi connectivity index (χ0v) is 9.14. The summed E-state index contributed by atoms with van der Waals surface area (Å²) in [6, 6.07) is 0.0127. The highest BCUT2D eigenvalue weighted by Gasteiger charge is 2.17. The SMILES string of the molecule is CC(Cl)C(=O)NC(CCO)C(C)C. The highest BCUT2D eigenvalue weighted by molar-refractivity contribution is 6.30. The first-order valence-corrected chi connectivity index (χ1v) is 4.98. The Morgan fingerprint density at radius 3 is 2.31 bits per heavy atom. The molecule has 0 bridgehead atoms. The molecule has 1 amide bonds. The molecular formula is C9H18ClNO2. The highest BCUT2D eigenvalue weighted by Crippen LogP contribution is 2.06. The van der Waals surface area contributed by atoms with Gasteiger partial charge in [-0.05, 0) is 19.3 Å². The first-order chi connectivity index (χ1) is 5.99. The molecule has 0 aromatic heterocycles. The number of amides is 1. The van der Waals surface area contributed by atoms with Gasteiger partial charge in [0.2, 0.25) is 5.91 Å². The van der Waals surface area contributed by atoms with Gasteiger partial charge in [-0.3, -0.25) is 4.79 Å². The van der Waals surface area contributed by atoms with Crippen LogP contribution in [0.2, 0.25) is 0 Å². The number of aliphatic hydroxyl groups is 1. The zero-order valence-electron chi connectivity index (χ0n) is 8.38. The molecule has 0 saturated carbocycles. The van der Waals surface area contributed by atoms with E-state index in [0.29, 0.717) is 12.3 Å². The van der Waals surface area contributed by atoms with Gasteiger partial charge in [0, 0.05) is 12.6 Å². The number of hydrogen-bond donors (Lipinski definition) is 2. The van der Waals surface area contributed by atoms with Crippen LogP contribution in [0.5, 0.6) is 0 Å². The fourth-order valence-electron chi connectivity index (χ4n) is 1.01. The summed E-state index contributed by atoms with van der Waals surface area (Å²) in [6.45, 7) is 5.71. The minimum absolute atomic E-state index is 0.0127. The number of alkyl halides is 1. The lowest BCUT2D eigenvalue weighted by Crippen LogP contribution is -2.42. The summed E-state index contributed by atoms with van der Waals surface area (Å²) < 4.78 is 0. The van der Waals surface area contributed by atoms with E-state index in [2.05, 4.69) is 5.32 Å². The van der Waals surface area contributed by atoms with Gasteiger partial charge >= 0.3 is 0 Å². The maximum absolute atomic E-state index is 11.2. The molecule has 2 N–H and O–H groups in total. The third kappa shape index (κ3) is 5.11. The average Bonchev–Trinajstić information content (AvgIpc) is 2.03. The topological polar surface area (TPSA) is 49.3 Å². The second-order valence-corrected chi connectivity index (χ2v) is 4.14. The van der Waals surface area contributed by atoms with Crippen LogP contribution in [0.1, 0.15) is 27.2 Å². The Labute approximate surface area is 84.5 Å². The van der Waals surface area contributed by atoms with Crippen LogP contribution in [0.4, 0.5) is 0 Å². The lowest BCUT2D eigenvalue weighted by Gasteiger charge is -2.22. The minimum atomic E-state index is -0.514. The number of aliphatic hydroxyl groups excluding tert-OH is 1. The average molecular weight is 208 g/mol. The van der Waals surface area contributed by atoms with Crippen LogP contribution in [0.15, 0.2) is 0 Å². The van der Waals surface area contributed by atoms with E-state index in [1.807, 2.05) is 13.8 Å². The normalized spacial score (nSPS) is 15.5. The molecule has 0 aliphatic heterocycles. The molecule has 0 aliphatic rings. The third-order valence-electron chi connectivity index (χ3n) is 1.93. The van der Waals surface area contributed by atoms with Gasteiger partial charge < -0.3 is 10.4 Å². The minimum Gasteiger partial charge on any atom is -0.396 e. The lowest BCUT2D eigenvalue weighted by atomic mass is 10.0. The molecule has 0 aromatic carbocycles. The predicted octanol–water partition coefficient (Wildman–Crippen LogP) is 1.14. The summed E-state index contributed by atoms with van der Waals surface area (Å²) in [5, 5.41) is 11.0. The van der Waals surface area contributed by atoms with Crippen molar-refractivity contribution in [1.82, 2.24) is 5.32 Å². The number of hydrogen-bond acceptors (Lipinski definition) is 2. The van der Waals surface area contributed by atoms with Crippen LogP contribution < -0.4 is 5.32 Å². The molecular weight excluding hydrogens is 190 g/mol. The maximum Gasteiger partial charge on any atom is 0.237 e. The van der Waals surface area contributed by atoms with Gasteiger partial charge in [-0.25, -0.2) is 0 Å². The van der Waals surface area contributed by atoms with Gasteiger partial charge in [0.15, 0.2) is 0 Å². The zero-order chi connectivity index (χ0) is 10.4. The summed E-state index contributed by atoms with van der Waals surface area (Å²) in [7, 11) is 0. The standard InChI is InChI=1S/C9H18ClNO2/c1-6(2)8(4-5-12)11-9(13)7(3)10/h6-8,12H,4-5H2,1-3H3,(H,11,13). The molecule has 2 unspecified atom stereocenters. The molecule has 78 valence electrons. The first kappa shape index (κ1) is 12.7. The van der Waals surface area contributed by atoms with Crippen molar-refractivity contribution >= 4 is 17.5 Å². The molecule has 3 nitrogen and oxygen atoms in total. The molecule has 0 radical (unpaired) electrons. The van der Waals surface area contributed by atoms with Gasteiger partial charge in [-0.2, -0.15) is 0 Å². The molecule has 0 aliphatic carbocycles. The lowest BCUT2D eigenvalue weighted by molar-refractivity contribution is -0.121. The number of carbonyl (C=O) groups is 1. The second-order valence-electron chi connectivity index (χ2n) is 3.49. The van der Waals surface area contributed by atoms with Crippen molar-refractivity contribution in [3.63, 3.8) is 0 Å². The molecule has 0 spiro atoms. The van der Waals surface area contributed by atoms with E-state index in [1.165, 1.54) is 0 Å². The molecule has 0 saturated heterocycles. The molecule has 0 rings (SSSR count). The van der Waals surface area contributed by atoms with Crippen LogP contribution in [0.25, 0.3) is 0 Å². The smallest absolute Gasteiger partial charge is 0.237 e. The van der Waals surface area contributed by atoms with E-state index >= 15 is 0 Å². The van der Waals surface area contributed by atoms with Gasteiger partial charge in [0.05, 0.1) is 0 Å². The van der Waals surface area contributed by atoms with Crippen LogP contribution in [0, 0.1) is 5.92 Å². The van der Waals surface area contributed by atoms with E-state index in [9.17, 15) is 4.79 Å². The quantitative estimate of drug-likeness (QED) is 0.665. The van der Waals surface area contributed by atoms with Crippen LogP contribution in [-0.2, 0) is 4.79 Å². The maximum atomic E-state index is 11.2. The van der Waals surface area contributed by atoms with Crippen molar-refractivity contribution in [2.45, 2.75) is 38.6 Å². The number of carbonyl (C=O) groups excluding carboxylic acids is 1. The third-order valence-corrected chi connectivity index (χ3v) is 2.13. The Morgan fingerprint density at radius 2 is 2.00 bits per heavy atom. The first-order valence-electron chi connectivity index (χ1n) is 4.54. The fraction of sp³-hybridized carbons (Fsp3) is 0.889. The Kier molecular flexibility index (Phi) is 6.08. The Hall–Kier alpha value is -0.280. The molecule has 13 heavy (non-hydrogen) atoms. The van der Waals surface area contributed by atoms with E-state index in [1.54, 1.807) is 6.92 Å². The van der Waals surface area contributed by atoms with E-state index in [-0.39, 0.29) is 18.6 Å². The van der Waals surface area contributed by atoms with Crippen molar-refractivity contribution in [3.8, 4) is 0 Å². The summed E-state index contributed by atoms with van der Waals surface area (Å²) in [4.78, 5) is 11.2. The van der Waals surface area contributed by atoms with Gasteiger partial charge in [-0.15, -0.1) is 11.6 Å². The van der Waals surface area contributed by atoms with Crippen LogP contribution in [0.3, 0.4) is 0 Å². The van der Waals surface area contributed by atoms with Crippen molar-refractivity contribution < 1.29 is 9.90 Å².